The molecular weight excluding hydrogens is 586 g/mol. The Morgan fingerprint density at radius 3 is 2.05 bits per heavy atom. The number of likely N-dealkylation sites (tertiary alicyclic amines) is 1. The van der Waals surface area contributed by atoms with Gasteiger partial charge in [-0.1, -0.05) is 30.3 Å². The first-order chi connectivity index (χ1) is 19.8. The Morgan fingerprint density at radius 2 is 1.52 bits per heavy atom. The predicted octanol–water partition coefficient (Wildman–Crippen LogP) is 7.02. The Labute approximate surface area is 241 Å². The number of thiophene rings is 1. The van der Waals surface area contributed by atoms with Crippen molar-refractivity contribution in [3.05, 3.63) is 93.2 Å². The number of hydrogen-bond acceptors (Lipinski definition) is 6. The molecule has 224 valence electrons. The van der Waals surface area contributed by atoms with Gasteiger partial charge >= 0.3 is 18.4 Å². The summed E-state index contributed by atoms with van der Waals surface area (Å²) in [5.41, 5.74) is -2.51. The second-order valence-corrected chi connectivity index (χ2v) is 11.2. The second-order valence-electron chi connectivity index (χ2n) is 10.3. The molecule has 2 saturated heterocycles. The predicted molar refractivity (Wildman–Crippen MR) is 141 cm³/mol. The van der Waals surface area contributed by atoms with Gasteiger partial charge in [0.15, 0.2) is 0 Å². The number of carbonyl (C=O) groups is 2. The molecule has 3 aromatic rings. The van der Waals surface area contributed by atoms with E-state index in [1.807, 2.05) is 4.90 Å². The molecule has 0 unspecified atom stereocenters. The van der Waals surface area contributed by atoms with Crippen LogP contribution >= 0.6 is 11.3 Å². The molecule has 42 heavy (non-hydrogen) atoms. The van der Waals surface area contributed by atoms with E-state index in [4.69, 9.17) is 9.47 Å². The average molecular weight is 613 g/mol. The van der Waals surface area contributed by atoms with Gasteiger partial charge in [-0.3, -0.25) is 4.79 Å². The molecular formula is C29H26F6N2O4S. The molecule has 6 nitrogen and oxygen atoms in total. The quantitative estimate of drug-likeness (QED) is 0.269. The zero-order valence-corrected chi connectivity index (χ0v) is 22.9. The van der Waals surface area contributed by atoms with E-state index in [1.165, 1.54) is 35.6 Å². The van der Waals surface area contributed by atoms with Crippen molar-refractivity contribution in [2.24, 2.45) is 0 Å². The molecule has 2 fully saturated rings. The van der Waals surface area contributed by atoms with E-state index in [-0.39, 0.29) is 24.3 Å². The van der Waals surface area contributed by atoms with E-state index in [2.05, 4.69) is 0 Å². The van der Waals surface area contributed by atoms with Gasteiger partial charge in [-0.05, 0) is 46.8 Å². The highest BCUT2D eigenvalue weighted by atomic mass is 32.1. The van der Waals surface area contributed by atoms with Crippen LogP contribution in [0.2, 0.25) is 0 Å². The standard InChI is InChI=1S/C29H26F6N2O4S/c30-28(31,32)21-6-1-4-19(16-21)24(20-5-2-7-22(17-20)29(33,34)35)40-14-13-36-11-9-27(10-12-36)18-37(26(39)41-27)25(38)23-8-3-15-42-23/h1-8,15-17,24H,9-14,18H2. The zero-order valence-electron chi connectivity index (χ0n) is 22.1. The molecule has 0 radical (unpaired) electrons. The van der Waals surface area contributed by atoms with Gasteiger partial charge < -0.3 is 14.4 Å². The highest BCUT2D eigenvalue weighted by Crippen LogP contribution is 2.37. The van der Waals surface area contributed by atoms with Crippen molar-refractivity contribution in [2.45, 2.75) is 36.9 Å². The van der Waals surface area contributed by atoms with Crippen LogP contribution in [0.25, 0.3) is 0 Å². The lowest BCUT2D eigenvalue weighted by Gasteiger charge is -2.37. The molecule has 1 spiro atoms. The normalized spacial score (nSPS) is 17.7. The van der Waals surface area contributed by atoms with Gasteiger partial charge in [-0.15, -0.1) is 11.3 Å². The molecule has 0 N–H and O–H groups in total. The SMILES string of the molecule is O=C1OC2(CCN(CCOC(c3cccc(C(F)(F)F)c3)c3cccc(C(F)(F)F)c3)CC2)CN1C(=O)c1cccs1. The number of carbonyl (C=O) groups excluding carboxylic acids is 2. The monoisotopic (exact) mass is 612 g/mol. The van der Waals surface area contributed by atoms with E-state index >= 15 is 0 Å². The summed E-state index contributed by atoms with van der Waals surface area (Å²) in [5.74, 6) is -0.405. The fourth-order valence-electron chi connectivity index (χ4n) is 5.20. The van der Waals surface area contributed by atoms with Crippen LogP contribution in [0.3, 0.4) is 0 Å². The lowest BCUT2D eigenvalue weighted by molar-refractivity contribution is -0.138. The Morgan fingerprint density at radius 1 is 0.929 bits per heavy atom. The fraction of sp³-hybridized carbons (Fsp3) is 0.379. The number of piperidine rings is 1. The highest BCUT2D eigenvalue weighted by molar-refractivity contribution is 7.12. The Balaban J connectivity index is 1.24. The van der Waals surface area contributed by atoms with Crippen LogP contribution in [0.1, 0.15) is 50.9 Å². The molecule has 1 aromatic heterocycles. The van der Waals surface area contributed by atoms with Gasteiger partial charge in [0.2, 0.25) is 0 Å². The lowest BCUT2D eigenvalue weighted by Crippen LogP contribution is -2.48. The first-order valence-electron chi connectivity index (χ1n) is 13.1. The average Bonchev–Trinajstić information content (AvgIpc) is 3.60. The number of hydrogen-bond donors (Lipinski definition) is 0. The lowest BCUT2D eigenvalue weighted by atomic mass is 9.91. The number of nitrogens with zero attached hydrogens (tertiary/aromatic N) is 2. The zero-order chi connectivity index (χ0) is 30.1. The molecule has 0 atom stereocenters. The summed E-state index contributed by atoms with van der Waals surface area (Å²) in [7, 11) is 0. The van der Waals surface area contributed by atoms with Crippen LogP contribution in [0.5, 0.6) is 0 Å². The molecule has 2 aliphatic heterocycles. The molecule has 2 aliphatic rings. The molecule has 2 amide bonds. The van der Waals surface area contributed by atoms with Crippen LogP contribution < -0.4 is 0 Å². The number of ether oxygens (including phenoxy) is 2. The third kappa shape index (κ3) is 6.63. The number of halogens is 6. The van der Waals surface area contributed by atoms with Crippen LogP contribution in [0.15, 0.2) is 66.0 Å². The summed E-state index contributed by atoms with van der Waals surface area (Å²) in [6.45, 7) is 1.49. The summed E-state index contributed by atoms with van der Waals surface area (Å²) >= 11 is 1.23. The fourth-order valence-corrected chi connectivity index (χ4v) is 5.87. The molecule has 0 bridgehead atoms. The Bertz CT molecular complexity index is 1360. The molecule has 3 heterocycles. The topological polar surface area (TPSA) is 59.1 Å². The van der Waals surface area contributed by atoms with Crippen LogP contribution in [-0.2, 0) is 21.8 Å². The largest absolute Gasteiger partial charge is 0.440 e. The maximum atomic E-state index is 13.4. The molecule has 0 saturated carbocycles. The third-order valence-electron chi connectivity index (χ3n) is 7.44. The van der Waals surface area contributed by atoms with Crippen molar-refractivity contribution in [1.82, 2.24) is 9.80 Å². The van der Waals surface area contributed by atoms with Gasteiger partial charge in [-0.2, -0.15) is 26.3 Å². The van der Waals surface area contributed by atoms with E-state index in [0.29, 0.717) is 37.4 Å². The summed E-state index contributed by atoms with van der Waals surface area (Å²) in [6, 6.07) is 12.1. The van der Waals surface area contributed by atoms with Gasteiger partial charge in [-0.25, -0.2) is 9.69 Å². The van der Waals surface area contributed by atoms with Crippen LogP contribution in [0.4, 0.5) is 31.1 Å². The summed E-state index contributed by atoms with van der Waals surface area (Å²) < 4.78 is 91.9. The summed E-state index contributed by atoms with van der Waals surface area (Å²) in [5, 5.41) is 1.75. The Hall–Kier alpha value is -3.42. The molecule has 5 rings (SSSR count). The van der Waals surface area contributed by atoms with E-state index in [9.17, 15) is 35.9 Å². The maximum absolute atomic E-state index is 13.4. The minimum Gasteiger partial charge on any atom is -0.440 e. The summed E-state index contributed by atoms with van der Waals surface area (Å²) in [4.78, 5) is 28.7. The van der Waals surface area contributed by atoms with Gasteiger partial charge in [0.05, 0.1) is 29.2 Å². The van der Waals surface area contributed by atoms with Crippen molar-refractivity contribution in [3.8, 4) is 0 Å². The van der Waals surface area contributed by atoms with E-state index < -0.39 is 47.2 Å². The van der Waals surface area contributed by atoms with Gasteiger partial charge in [0.25, 0.3) is 5.91 Å². The van der Waals surface area contributed by atoms with E-state index in [1.54, 1.807) is 17.5 Å². The van der Waals surface area contributed by atoms with Crippen molar-refractivity contribution >= 4 is 23.3 Å². The number of imide groups is 1. The first-order valence-corrected chi connectivity index (χ1v) is 14.0. The van der Waals surface area contributed by atoms with Crippen LogP contribution in [-0.4, -0.2) is 60.2 Å². The van der Waals surface area contributed by atoms with Gasteiger partial charge in [0, 0.05) is 32.5 Å². The smallest absolute Gasteiger partial charge is 0.417 e. The highest BCUT2D eigenvalue weighted by Gasteiger charge is 2.49. The molecule has 13 heteroatoms. The molecule has 0 aliphatic carbocycles. The van der Waals surface area contributed by atoms with Gasteiger partial charge in [0.1, 0.15) is 11.7 Å². The third-order valence-corrected chi connectivity index (χ3v) is 8.30. The van der Waals surface area contributed by atoms with Crippen molar-refractivity contribution < 1.29 is 45.4 Å². The van der Waals surface area contributed by atoms with Crippen molar-refractivity contribution in [1.29, 1.82) is 0 Å². The van der Waals surface area contributed by atoms with Crippen molar-refractivity contribution in [3.63, 3.8) is 0 Å². The number of alkyl halides is 6. The van der Waals surface area contributed by atoms with Crippen LogP contribution in [0, 0.1) is 0 Å². The number of rotatable bonds is 7. The first kappa shape index (κ1) is 30.1. The summed E-state index contributed by atoms with van der Waals surface area (Å²) in [6.07, 6.45) is -10.2. The number of benzene rings is 2. The minimum absolute atomic E-state index is 0.0208. The van der Waals surface area contributed by atoms with E-state index in [0.717, 1.165) is 29.2 Å². The minimum atomic E-state index is -4.63. The maximum Gasteiger partial charge on any atom is 0.417 e. The second kappa shape index (κ2) is 11.7. The van der Waals surface area contributed by atoms with Crippen molar-refractivity contribution in [2.75, 3.05) is 32.8 Å². The Kier molecular flexibility index (Phi) is 8.37. The number of amides is 2. The molecule has 2 aromatic carbocycles.